The van der Waals surface area contributed by atoms with Crippen LogP contribution in [0.1, 0.15) is 219 Å². The van der Waals surface area contributed by atoms with E-state index in [0.717, 1.165) is 70.6 Å². The maximum absolute atomic E-state index is 12.9. The van der Waals surface area contributed by atoms with E-state index < -0.39 is 71.2 Å². The maximum atomic E-state index is 12.9. The number of carbonyl (C=O) groups excluding carboxylic acids is 2. The van der Waals surface area contributed by atoms with Gasteiger partial charge in [0.1, 0.15) is 36.8 Å². The van der Waals surface area contributed by atoms with Crippen LogP contribution in [-0.4, -0.2) is 96.0 Å². The number of rotatable bonds is 45. The predicted molar refractivity (Wildman–Crippen MR) is 275 cm³/mol. The van der Waals surface area contributed by atoms with Gasteiger partial charge in [0, 0.05) is 12.8 Å². The van der Waals surface area contributed by atoms with E-state index >= 15 is 0 Å². The molecule has 0 aromatic heterocycles. The minimum atomic E-state index is -4.61. The number of esters is 2. The molecular formula is C55H96O12S. The van der Waals surface area contributed by atoms with Crippen molar-refractivity contribution in [3.05, 3.63) is 60.8 Å². The number of allylic oxidation sites excluding steroid dienone is 10. The van der Waals surface area contributed by atoms with Gasteiger partial charge in [-0.1, -0.05) is 209 Å². The van der Waals surface area contributed by atoms with E-state index in [9.17, 15) is 37.9 Å². The van der Waals surface area contributed by atoms with Gasteiger partial charge in [0.15, 0.2) is 12.4 Å². The van der Waals surface area contributed by atoms with Crippen LogP contribution >= 0.6 is 0 Å². The van der Waals surface area contributed by atoms with E-state index in [1.54, 1.807) is 0 Å². The number of hydrogen-bond donors (Lipinski definition) is 4. The lowest BCUT2D eigenvalue weighted by atomic mass is 10.00. The van der Waals surface area contributed by atoms with Crippen LogP contribution in [0.25, 0.3) is 0 Å². The quantitative estimate of drug-likeness (QED) is 0.0196. The van der Waals surface area contributed by atoms with E-state index in [0.29, 0.717) is 12.8 Å². The summed E-state index contributed by atoms with van der Waals surface area (Å²) in [6.45, 7) is 3.65. The number of hydrogen-bond acceptors (Lipinski definition) is 11. The number of aliphatic hydroxyl groups excluding tert-OH is 3. The zero-order valence-corrected chi connectivity index (χ0v) is 43.3. The number of aliphatic hydroxyl groups is 3. The lowest BCUT2D eigenvalue weighted by molar-refractivity contribution is -0.297. The molecule has 1 fully saturated rings. The molecule has 68 heavy (non-hydrogen) atoms. The molecule has 1 aliphatic heterocycles. The monoisotopic (exact) mass is 981 g/mol. The molecule has 394 valence electrons. The van der Waals surface area contributed by atoms with E-state index in [1.807, 2.05) is 0 Å². The normalized spacial score (nSPS) is 19.6. The summed E-state index contributed by atoms with van der Waals surface area (Å²) in [6.07, 6.45) is 46.9. The Morgan fingerprint density at radius 3 is 1.38 bits per heavy atom. The van der Waals surface area contributed by atoms with Gasteiger partial charge < -0.3 is 34.3 Å². The Hall–Kier alpha value is -2.65. The summed E-state index contributed by atoms with van der Waals surface area (Å²) < 4.78 is 54.3. The first-order valence-corrected chi connectivity index (χ1v) is 28.5. The second kappa shape index (κ2) is 44.3. The van der Waals surface area contributed by atoms with Crippen LogP contribution in [0, 0.1) is 0 Å². The van der Waals surface area contributed by atoms with Gasteiger partial charge in [-0.2, -0.15) is 8.42 Å². The molecule has 0 aromatic rings. The van der Waals surface area contributed by atoms with Crippen molar-refractivity contribution in [3.63, 3.8) is 0 Å². The lowest BCUT2D eigenvalue weighted by Crippen LogP contribution is -2.60. The molecule has 6 atom stereocenters. The fourth-order valence-corrected chi connectivity index (χ4v) is 8.69. The molecule has 1 heterocycles. The van der Waals surface area contributed by atoms with Crippen molar-refractivity contribution in [2.24, 2.45) is 0 Å². The highest BCUT2D eigenvalue weighted by molar-refractivity contribution is 7.85. The molecule has 13 heteroatoms. The van der Waals surface area contributed by atoms with Crippen LogP contribution < -0.4 is 0 Å². The van der Waals surface area contributed by atoms with Crippen LogP contribution in [-0.2, 0) is 38.7 Å². The van der Waals surface area contributed by atoms with Gasteiger partial charge in [0.2, 0.25) is 0 Å². The number of ether oxygens (including phenoxy) is 4. The molecule has 12 nitrogen and oxygen atoms in total. The Bertz CT molecular complexity index is 1470. The molecule has 0 radical (unpaired) electrons. The topological polar surface area (TPSA) is 186 Å². The van der Waals surface area contributed by atoms with Gasteiger partial charge in [0.05, 0.1) is 6.61 Å². The summed E-state index contributed by atoms with van der Waals surface area (Å²) in [6, 6.07) is 0. The van der Waals surface area contributed by atoms with Crippen LogP contribution in [0.4, 0.5) is 0 Å². The largest absolute Gasteiger partial charge is 0.462 e. The summed E-state index contributed by atoms with van der Waals surface area (Å²) >= 11 is 0. The molecular weight excluding hydrogens is 885 g/mol. The number of carbonyl (C=O) groups is 2. The minimum Gasteiger partial charge on any atom is -0.462 e. The fraction of sp³-hybridized carbons (Fsp3) is 0.782. The third-order valence-electron chi connectivity index (χ3n) is 12.1. The molecule has 0 aromatic carbocycles. The lowest BCUT2D eigenvalue weighted by Gasteiger charge is -2.40. The Kier molecular flexibility index (Phi) is 41.3. The average molecular weight is 981 g/mol. The Labute approximate surface area is 413 Å². The smallest absolute Gasteiger partial charge is 0.306 e. The van der Waals surface area contributed by atoms with Crippen LogP contribution in [0.2, 0.25) is 0 Å². The van der Waals surface area contributed by atoms with Crippen molar-refractivity contribution in [2.45, 2.75) is 256 Å². The van der Waals surface area contributed by atoms with Crippen molar-refractivity contribution in [1.29, 1.82) is 0 Å². The second-order valence-electron chi connectivity index (χ2n) is 18.5. The first-order chi connectivity index (χ1) is 33.0. The predicted octanol–water partition coefficient (Wildman–Crippen LogP) is 12.5. The maximum Gasteiger partial charge on any atom is 0.306 e. The van der Waals surface area contributed by atoms with Gasteiger partial charge >= 0.3 is 11.9 Å². The molecule has 0 saturated carbocycles. The summed E-state index contributed by atoms with van der Waals surface area (Å²) in [7, 11) is -4.61. The highest BCUT2D eigenvalue weighted by Gasteiger charge is 2.46. The SMILES string of the molecule is CC/C=C/C/C=C/C/C=C/C/C=C/C/C=C/CCCCCC(=O)O[C@H](COC(=O)CCCCCCCCCCCCCCCCCCCCCCC)CO[C@H]1O[C@H](CS(=O)(=O)O)[C@@H](O)C(O)C1O. The molecule has 1 rings (SSSR count). The van der Waals surface area contributed by atoms with Gasteiger partial charge in [-0.05, 0) is 57.8 Å². The van der Waals surface area contributed by atoms with Crippen LogP contribution in [0.3, 0.4) is 0 Å². The van der Waals surface area contributed by atoms with Gasteiger partial charge in [-0.15, -0.1) is 0 Å². The zero-order chi connectivity index (χ0) is 49.8. The van der Waals surface area contributed by atoms with E-state index in [4.69, 9.17) is 18.9 Å². The fourth-order valence-electron chi connectivity index (χ4n) is 8.00. The molecule has 2 unspecified atom stereocenters. The molecule has 1 aliphatic rings. The van der Waals surface area contributed by atoms with Crippen molar-refractivity contribution >= 4 is 22.1 Å². The van der Waals surface area contributed by atoms with Crippen molar-refractivity contribution < 1.29 is 56.8 Å². The van der Waals surface area contributed by atoms with Gasteiger partial charge in [-0.25, -0.2) is 0 Å². The van der Waals surface area contributed by atoms with Crippen molar-refractivity contribution in [1.82, 2.24) is 0 Å². The standard InChI is InChI=1S/C55H96O12S/c1-3-5-7-9-11-13-15-17-19-21-23-24-26-27-29-31-33-35-37-39-41-43-50(56)64-45-48(46-65-55-54(60)53(59)52(58)49(67-55)47-68(61,62)63)66-51(57)44-42-40-38-36-34-32-30-28-25-22-20-18-16-14-12-10-8-6-4-2/h6,8,12,14,18,20,25,28,32,34,48-49,52-55,58-60H,3-5,7,9-11,13,15-17,19,21-24,26-27,29-31,33,35-47H2,1-2H3,(H,61,62,63)/b8-6+,14-12+,20-18+,28-25+,34-32+/t48-,49-,52-,53?,54?,55+/m1/s1. The highest BCUT2D eigenvalue weighted by atomic mass is 32.2. The van der Waals surface area contributed by atoms with E-state index in [1.165, 1.54) is 109 Å². The molecule has 4 N–H and O–H groups in total. The Balaban J connectivity index is 2.37. The van der Waals surface area contributed by atoms with E-state index in [2.05, 4.69) is 74.6 Å². The van der Waals surface area contributed by atoms with Crippen LogP contribution in [0.5, 0.6) is 0 Å². The molecule has 0 amide bonds. The third kappa shape index (κ3) is 38.1. The Morgan fingerprint density at radius 1 is 0.515 bits per heavy atom. The van der Waals surface area contributed by atoms with E-state index in [-0.39, 0.29) is 19.4 Å². The second-order valence-corrected chi connectivity index (χ2v) is 20.0. The van der Waals surface area contributed by atoms with Gasteiger partial charge in [0.25, 0.3) is 10.1 Å². The van der Waals surface area contributed by atoms with Crippen LogP contribution in [0.15, 0.2) is 60.8 Å². The first kappa shape index (κ1) is 63.4. The third-order valence-corrected chi connectivity index (χ3v) is 12.9. The molecule has 0 spiro atoms. The highest BCUT2D eigenvalue weighted by Crippen LogP contribution is 2.24. The number of unbranched alkanes of at least 4 members (excludes halogenated alkanes) is 23. The minimum absolute atomic E-state index is 0.124. The molecule has 1 saturated heterocycles. The Morgan fingerprint density at radius 2 is 0.926 bits per heavy atom. The van der Waals surface area contributed by atoms with Crippen molar-refractivity contribution in [2.75, 3.05) is 19.0 Å². The molecule has 0 aliphatic carbocycles. The summed E-state index contributed by atoms with van der Waals surface area (Å²) in [4.78, 5) is 25.6. The zero-order valence-electron chi connectivity index (χ0n) is 42.4. The van der Waals surface area contributed by atoms with Crippen molar-refractivity contribution in [3.8, 4) is 0 Å². The average Bonchev–Trinajstić information content (AvgIpc) is 3.31. The molecule has 0 bridgehead atoms. The summed E-state index contributed by atoms with van der Waals surface area (Å²) in [5, 5.41) is 31.0. The first-order valence-electron chi connectivity index (χ1n) is 26.8. The summed E-state index contributed by atoms with van der Waals surface area (Å²) in [5.74, 6) is -2.02. The summed E-state index contributed by atoms with van der Waals surface area (Å²) in [5.41, 5.74) is 0. The van der Waals surface area contributed by atoms with Gasteiger partial charge in [-0.3, -0.25) is 14.1 Å².